The number of aryl methyl sites for hydroxylation is 1. The smallest absolute Gasteiger partial charge is 0.157 e. The van der Waals surface area contributed by atoms with Gasteiger partial charge in [-0.3, -0.25) is 4.79 Å². The topological polar surface area (TPSA) is 43.1 Å². The lowest BCUT2D eigenvalue weighted by molar-refractivity contribution is -0.125. The summed E-state index contributed by atoms with van der Waals surface area (Å²) in [7, 11) is 0. The van der Waals surface area contributed by atoms with E-state index >= 15 is 0 Å². The van der Waals surface area contributed by atoms with Gasteiger partial charge in [0.05, 0.1) is 5.54 Å². The fourth-order valence-electron chi connectivity index (χ4n) is 3.00. The molecule has 2 heteroatoms. The van der Waals surface area contributed by atoms with Crippen LogP contribution in [0.25, 0.3) is 0 Å². The highest BCUT2D eigenvalue weighted by Crippen LogP contribution is 2.32. The molecule has 0 aliphatic heterocycles. The monoisotopic (exact) mass is 245 g/mol. The summed E-state index contributed by atoms with van der Waals surface area (Å²) in [5, 5.41) is 0. The van der Waals surface area contributed by atoms with E-state index in [1.165, 1.54) is 12.0 Å². The van der Waals surface area contributed by atoms with Crippen LogP contribution in [0, 0.1) is 12.8 Å². The SMILES string of the molecule is Cc1ccccc1CC(=O)C1(N)CCCC(C)C1. The van der Waals surface area contributed by atoms with Crippen molar-refractivity contribution >= 4 is 5.78 Å². The molecule has 2 nitrogen and oxygen atoms in total. The molecule has 1 aromatic carbocycles. The Morgan fingerprint density at radius 2 is 2.17 bits per heavy atom. The molecule has 0 amide bonds. The van der Waals surface area contributed by atoms with Crippen molar-refractivity contribution < 1.29 is 4.79 Å². The van der Waals surface area contributed by atoms with Gasteiger partial charge < -0.3 is 5.73 Å². The Balaban J connectivity index is 2.10. The van der Waals surface area contributed by atoms with Crippen LogP contribution in [0.2, 0.25) is 0 Å². The van der Waals surface area contributed by atoms with E-state index in [2.05, 4.69) is 19.9 Å². The normalized spacial score (nSPS) is 28.1. The van der Waals surface area contributed by atoms with Crippen LogP contribution in [0.3, 0.4) is 0 Å². The first-order valence-corrected chi connectivity index (χ1v) is 6.88. The second kappa shape index (κ2) is 5.23. The van der Waals surface area contributed by atoms with E-state index in [0.29, 0.717) is 12.3 Å². The molecule has 1 fully saturated rings. The molecule has 0 aromatic heterocycles. The molecule has 1 aliphatic rings. The molecular formula is C16H23NO. The number of Topliss-reactive ketones (excluding diaryl/α,β-unsaturated/α-hetero) is 1. The molecule has 0 saturated heterocycles. The zero-order chi connectivity index (χ0) is 13.2. The fourth-order valence-corrected chi connectivity index (χ4v) is 3.00. The molecule has 2 unspecified atom stereocenters. The van der Waals surface area contributed by atoms with Gasteiger partial charge in [-0.2, -0.15) is 0 Å². The summed E-state index contributed by atoms with van der Waals surface area (Å²) >= 11 is 0. The molecule has 2 rings (SSSR count). The maximum Gasteiger partial charge on any atom is 0.157 e. The Morgan fingerprint density at radius 3 is 2.83 bits per heavy atom. The van der Waals surface area contributed by atoms with Crippen LogP contribution < -0.4 is 5.73 Å². The van der Waals surface area contributed by atoms with Crippen LogP contribution in [0.15, 0.2) is 24.3 Å². The summed E-state index contributed by atoms with van der Waals surface area (Å²) in [5.41, 5.74) is 8.05. The van der Waals surface area contributed by atoms with Crippen LogP contribution >= 0.6 is 0 Å². The molecule has 2 atom stereocenters. The first-order valence-electron chi connectivity index (χ1n) is 6.88. The molecular weight excluding hydrogens is 222 g/mol. The first kappa shape index (κ1) is 13.3. The number of nitrogens with two attached hydrogens (primary N) is 1. The molecule has 0 spiro atoms. The molecule has 0 bridgehead atoms. The third kappa shape index (κ3) is 2.81. The molecule has 1 saturated carbocycles. The number of rotatable bonds is 3. The van der Waals surface area contributed by atoms with Crippen molar-refractivity contribution in [1.29, 1.82) is 0 Å². The summed E-state index contributed by atoms with van der Waals surface area (Å²) in [6, 6.07) is 8.07. The largest absolute Gasteiger partial charge is 0.319 e. The minimum atomic E-state index is -0.583. The van der Waals surface area contributed by atoms with Crippen molar-refractivity contribution in [3.63, 3.8) is 0 Å². The molecule has 1 aromatic rings. The third-order valence-corrected chi connectivity index (χ3v) is 4.20. The summed E-state index contributed by atoms with van der Waals surface area (Å²) in [6.45, 7) is 4.25. The summed E-state index contributed by atoms with van der Waals surface area (Å²) in [5.74, 6) is 0.785. The molecule has 18 heavy (non-hydrogen) atoms. The molecule has 0 radical (unpaired) electrons. The second-order valence-corrected chi connectivity index (χ2v) is 5.88. The number of hydrogen-bond donors (Lipinski definition) is 1. The van der Waals surface area contributed by atoms with Gasteiger partial charge in [0.15, 0.2) is 5.78 Å². The van der Waals surface area contributed by atoms with E-state index in [-0.39, 0.29) is 5.78 Å². The zero-order valence-electron chi connectivity index (χ0n) is 11.4. The number of carbonyl (C=O) groups excluding carboxylic acids is 1. The van der Waals surface area contributed by atoms with Gasteiger partial charge in [0, 0.05) is 6.42 Å². The van der Waals surface area contributed by atoms with Crippen LogP contribution in [0.1, 0.15) is 43.7 Å². The number of hydrogen-bond acceptors (Lipinski definition) is 2. The quantitative estimate of drug-likeness (QED) is 0.889. The standard InChI is InChI=1S/C16H23NO/c1-12-6-5-9-16(17,11-12)15(18)10-14-8-4-3-7-13(14)2/h3-4,7-8,12H,5-6,9-11,17H2,1-2H3. The number of benzene rings is 1. The Morgan fingerprint density at radius 1 is 1.44 bits per heavy atom. The van der Waals surface area contributed by atoms with Gasteiger partial charge in [0.1, 0.15) is 0 Å². The Hall–Kier alpha value is -1.15. The molecule has 1 aliphatic carbocycles. The van der Waals surface area contributed by atoms with Crippen molar-refractivity contribution in [2.75, 3.05) is 0 Å². The van der Waals surface area contributed by atoms with E-state index in [1.807, 2.05) is 18.2 Å². The maximum atomic E-state index is 12.5. The van der Waals surface area contributed by atoms with E-state index in [0.717, 1.165) is 24.8 Å². The average molecular weight is 245 g/mol. The fraction of sp³-hybridized carbons (Fsp3) is 0.562. The van der Waals surface area contributed by atoms with Crippen molar-refractivity contribution in [2.24, 2.45) is 11.7 Å². The van der Waals surface area contributed by atoms with Gasteiger partial charge in [0.2, 0.25) is 0 Å². The van der Waals surface area contributed by atoms with Crippen molar-refractivity contribution in [3.05, 3.63) is 35.4 Å². The summed E-state index contributed by atoms with van der Waals surface area (Å²) < 4.78 is 0. The highest BCUT2D eigenvalue weighted by Gasteiger charge is 2.37. The van der Waals surface area contributed by atoms with E-state index in [9.17, 15) is 4.79 Å². The van der Waals surface area contributed by atoms with Gasteiger partial charge in [-0.05, 0) is 36.8 Å². The van der Waals surface area contributed by atoms with E-state index < -0.39 is 5.54 Å². The van der Waals surface area contributed by atoms with Gasteiger partial charge in [-0.25, -0.2) is 0 Å². The average Bonchev–Trinajstić information content (AvgIpc) is 2.31. The molecule has 0 heterocycles. The summed E-state index contributed by atoms with van der Waals surface area (Å²) in [4.78, 5) is 12.5. The van der Waals surface area contributed by atoms with Gasteiger partial charge in [-0.15, -0.1) is 0 Å². The van der Waals surface area contributed by atoms with Crippen molar-refractivity contribution in [2.45, 2.75) is 51.5 Å². The third-order valence-electron chi connectivity index (χ3n) is 4.20. The van der Waals surface area contributed by atoms with Crippen molar-refractivity contribution in [3.8, 4) is 0 Å². The van der Waals surface area contributed by atoms with Gasteiger partial charge in [-0.1, -0.05) is 44.0 Å². The Kier molecular flexibility index (Phi) is 3.86. The lowest BCUT2D eigenvalue weighted by Gasteiger charge is -2.35. The highest BCUT2D eigenvalue weighted by atomic mass is 16.1. The first-order chi connectivity index (χ1) is 8.51. The lowest BCUT2D eigenvalue weighted by atomic mass is 9.73. The molecule has 2 N–H and O–H groups in total. The predicted molar refractivity (Wildman–Crippen MR) is 74.4 cm³/mol. The summed E-state index contributed by atoms with van der Waals surface area (Å²) in [6.07, 6.45) is 4.46. The van der Waals surface area contributed by atoms with Crippen LogP contribution in [-0.4, -0.2) is 11.3 Å². The van der Waals surface area contributed by atoms with Crippen LogP contribution in [0.4, 0.5) is 0 Å². The minimum absolute atomic E-state index is 0.211. The maximum absolute atomic E-state index is 12.5. The lowest BCUT2D eigenvalue weighted by Crippen LogP contribution is -2.51. The Bertz CT molecular complexity index is 440. The van der Waals surface area contributed by atoms with E-state index in [1.54, 1.807) is 0 Å². The second-order valence-electron chi connectivity index (χ2n) is 5.88. The molecule has 98 valence electrons. The Labute approximate surface area is 110 Å². The van der Waals surface area contributed by atoms with Crippen LogP contribution in [-0.2, 0) is 11.2 Å². The predicted octanol–water partition coefficient (Wildman–Crippen LogP) is 3.01. The minimum Gasteiger partial charge on any atom is -0.319 e. The zero-order valence-corrected chi connectivity index (χ0v) is 11.4. The van der Waals surface area contributed by atoms with Gasteiger partial charge >= 0.3 is 0 Å². The number of carbonyl (C=O) groups is 1. The van der Waals surface area contributed by atoms with Crippen LogP contribution in [0.5, 0.6) is 0 Å². The van der Waals surface area contributed by atoms with Gasteiger partial charge in [0.25, 0.3) is 0 Å². The number of ketones is 1. The van der Waals surface area contributed by atoms with Crippen molar-refractivity contribution in [1.82, 2.24) is 0 Å². The van der Waals surface area contributed by atoms with E-state index in [4.69, 9.17) is 5.73 Å². The highest BCUT2D eigenvalue weighted by molar-refractivity contribution is 5.90.